The van der Waals surface area contributed by atoms with Gasteiger partial charge in [0.25, 0.3) is 0 Å². The number of hydrogen-bond acceptors (Lipinski definition) is 4. The quantitative estimate of drug-likeness (QED) is 0.311. The molecule has 0 amide bonds. The fourth-order valence-corrected chi connectivity index (χ4v) is 2.68. The number of carbonyl (C=O) groups excluding carboxylic acids is 2. The highest BCUT2D eigenvalue weighted by atomic mass is 16.5. The van der Waals surface area contributed by atoms with Gasteiger partial charge in [-0.3, -0.25) is 0 Å². The zero-order valence-corrected chi connectivity index (χ0v) is 17.5. The Balaban J connectivity index is 2.29. The van der Waals surface area contributed by atoms with Crippen LogP contribution in [-0.2, 0) is 9.47 Å². The molecule has 0 aliphatic rings. The summed E-state index contributed by atoms with van der Waals surface area (Å²) in [5, 5.41) is 0. The summed E-state index contributed by atoms with van der Waals surface area (Å²) < 4.78 is 10.6. The number of ether oxygens (including phenoxy) is 2. The van der Waals surface area contributed by atoms with E-state index < -0.39 is 5.97 Å². The van der Waals surface area contributed by atoms with E-state index in [1.165, 1.54) is 25.7 Å². The van der Waals surface area contributed by atoms with Crippen LogP contribution in [0.15, 0.2) is 24.3 Å². The summed E-state index contributed by atoms with van der Waals surface area (Å²) in [6.07, 6.45) is 7.76. The van der Waals surface area contributed by atoms with E-state index in [4.69, 9.17) is 9.47 Å². The van der Waals surface area contributed by atoms with Crippen molar-refractivity contribution >= 4 is 11.9 Å². The standard InChI is InChI=1S/C23H36O4/c1-18(2)11-8-6-5-7-9-15-26-22(24)20-12-10-13-21(17-20)23(25)27-16-14-19(3)4/h10,12-13,17-19H,5-9,11,14-16H2,1-4H3. The summed E-state index contributed by atoms with van der Waals surface area (Å²) in [5.41, 5.74) is 0.781. The van der Waals surface area contributed by atoms with Gasteiger partial charge in [0, 0.05) is 0 Å². The van der Waals surface area contributed by atoms with Gasteiger partial charge in [0.1, 0.15) is 0 Å². The van der Waals surface area contributed by atoms with E-state index in [2.05, 4.69) is 27.7 Å². The van der Waals surface area contributed by atoms with Gasteiger partial charge in [-0.2, -0.15) is 0 Å². The second-order valence-electron chi connectivity index (χ2n) is 7.99. The molecule has 0 saturated carbocycles. The minimum Gasteiger partial charge on any atom is -0.462 e. The smallest absolute Gasteiger partial charge is 0.338 e. The summed E-state index contributed by atoms with van der Waals surface area (Å²) in [6, 6.07) is 6.56. The largest absolute Gasteiger partial charge is 0.462 e. The molecule has 0 aliphatic heterocycles. The van der Waals surface area contributed by atoms with Crippen LogP contribution in [0.1, 0.15) is 93.4 Å². The van der Waals surface area contributed by atoms with Crippen LogP contribution in [0.5, 0.6) is 0 Å². The van der Waals surface area contributed by atoms with Gasteiger partial charge in [-0.25, -0.2) is 9.59 Å². The van der Waals surface area contributed by atoms with Crippen LogP contribution in [0.2, 0.25) is 0 Å². The molecule has 0 atom stereocenters. The summed E-state index contributed by atoms with van der Waals surface area (Å²) >= 11 is 0. The number of unbranched alkanes of at least 4 members (excludes halogenated alkanes) is 4. The highest BCUT2D eigenvalue weighted by Gasteiger charge is 2.12. The van der Waals surface area contributed by atoms with Crippen molar-refractivity contribution in [1.29, 1.82) is 0 Å². The topological polar surface area (TPSA) is 52.6 Å². The van der Waals surface area contributed by atoms with Gasteiger partial charge in [-0.05, 0) is 42.9 Å². The van der Waals surface area contributed by atoms with E-state index in [1.54, 1.807) is 24.3 Å². The highest BCUT2D eigenvalue weighted by Crippen LogP contribution is 2.12. The number of rotatable bonds is 13. The van der Waals surface area contributed by atoms with Crippen LogP contribution in [0.4, 0.5) is 0 Å². The fourth-order valence-electron chi connectivity index (χ4n) is 2.68. The normalized spacial score (nSPS) is 11.0. The molecule has 4 heteroatoms. The van der Waals surface area contributed by atoms with Crippen LogP contribution in [-0.4, -0.2) is 25.2 Å². The summed E-state index contributed by atoms with van der Waals surface area (Å²) in [5.74, 6) is 0.474. The summed E-state index contributed by atoms with van der Waals surface area (Å²) in [6.45, 7) is 9.47. The molecule has 1 aromatic carbocycles. The second-order valence-corrected chi connectivity index (χ2v) is 7.99. The molecule has 0 heterocycles. The van der Waals surface area contributed by atoms with Crippen molar-refractivity contribution < 1.29 is 19.1 Å². The second kappa shape index (κ2) is 13.3. The molecule has 0 spiro atoms. The molecule has 0 saturated heterocycles. The van der Waals surface area contributed by atoms with E-state index in [0.717, 1.165) is 25.2 Å². The molecule has 0 aromatic heterocycles. The van der Waals surface area contributed by atoms with E-state index >= 15 is 0 Å². The Kier molecular flexibility index (Phi) is 11.5. The van der Waals surface area contributed by atoms with Crippen molar-refractivity contribution in [3.63, 3.8) is 0 Å². The molecule has 0 aliphatic carbocycles. The first-order chi connectivity index (χ1) is 12.9. The summed E-state index contributed by atoms with van der Waals surface area (Å²) in [7, 11) is 0. The number of carbonyl (C=O) groups is 2. The molecular formula is C23H36O4. The molecule has 0 N–H and O–H groups in total. The zero-order chi connectivity index (χ0) is 20.1. The van der Waals surface area contributed by atoms with Gasteiger partial charge in [0.2, 0.25) is 0 Å². The van der Waals surface area contributed by atoms with Crippen LogP contribution in [0.25, 0.3) is 0 Å². The van der Waals surface area contributed by atoms with Crippen LogP contribution in [0, 0.1) is 11.8 Å². The lowest BCUT2D eigenvalue weighted by Gasteiger charge is -2.08. The first-order valence-corrected chi connectivity index (χ1v) is 10.3. The number of esters is 2. The average Bonchev–Trinajstić information content (AvgIpc) is 2.63. The third-order valence-electron chi connectivity index (χ3n) is 4.42. The van der Waals surface area contributed by atoms with Crippen LogP contribution in [0.3, 0.4) is 0 Å². The summed E-state index contributed by atoms with van der Waals surface area (Å²) in [4.78, 5) is 24.2. The fraction of sp³-hybridized carbons (Fsp3) is 0.652. The Bertz CT molecular complexity index is 563. The SMILES string of the molecule is CC(C)CCCCCCCOC(=O)c1cccc(C(=O)OCCC(C)C)c1. The maximum Gasteiger partial charge on any atom is 0.338 e. The molecule has 0 unspecified atom stereocenters. The molecular weight excluding hydrogens is 340 g/mol. The lowest BCUT2D eigenvalue weighted by atomic mass is 10.0. The van der Waals surface area contributed by atoms with E-state index in [9.17, 15) is 9.59 Å². The Morgan fingerprint density at radius 3 is 1.85 bits per heavy atom. The van der Waals surface area contributed by atoms with Gasteiger partial charge in [0.15, 0.2) is 0 Å². The van der Waals surface area contributed by atoms with Gasteiger partial charge >= 0.3 is 11.9 Å². The average molecular weight is 377 g/mol. The third kappa shape index (κ3) is 10.8. The molecule has 0 radical (unpaired) electrons. The lowest BCUT2D eigenvalue weighted by Crippen LogP contribution is -2.11. The van der Waals surface area contributed by atoms with Crippen molar-refractivity contribution in [1.82, 2.24) is 0 Å². The van der Waals surface area contributed by atoms with Crippen molar-refractivity contribution in [2.45, 2.75) is 72.6 Å². The first-order valence-electron chi connectivity index (χ1n) is 10.3. The monoisotopic (exact) mass is 376 g/mol. The van der Waals surface area contributed by atoms with E-state index in [0.29, 0.717) is 30.3 Å². The maximum absolute atomic E-state index is 12.2. The molecule has 152 valence electrons. The minimum atomic E-state index is -0.397. The Hall–Kier alpha value is -1.84. The first kappa shape index (κ1) is 23.2. The number of benzene rings is 1. The van der Waals surface area contributed by atoms with Crippen molar-refractivity contribution in [2.75, 3.05) is 13.2 Å². The third-order valence-corrected chi connectivity index (χ3v) is 4.42. The highest BCUT2D eigenvalue weighted by molar-refractivity contribution is 5.95. The minimum absolute atomic E-state index is 0.383. The van der Waals surface area contributed by atoms with Gasteiger partial charge < -0.3 is 9.47 Å². The molecule has 27 heavy (non-hydrogen) atoms. The zero-order valence-electron chi connectivity index (χ0n) is 17.5. The van der Waals surface area contributed by atoms with Crippen molar-refractivity contribution in [2.24, 2.45) is 11.8 Å². The van der Waals surface area contributed by atoms with Gasteiger partial charge in [-0.15, -0.1) is 0 Å². The van der Waals surface area contributed by atoms with Crippen molar-refractivity contribution in [3.05, 3.63) is 35.4 Å². The van der Waals surface area contributed by atoms with Crippen LogP contribution < -0.4 is 0 Å². The Morgan fingerprint density at radius 1 is 0.741 bits per heavy atom. The van der Waals surface area contributed by atoms with E-state index in [1.807, 2.05) is 0 Å². The molecule has 4 nitrogen and oxygen atoms in total. The molecule has 1 aromatic rings. The van der Waals surface area contributed by atoms with E-state index in [-0.39, 0.29) is 5.97 Å². The maximum atomic E-state index is 12.2. The predicted octanol–water partition coefficient (Wildman–Crippen LogP) is 6.04. The lowest BCUT2D eigenvalue weighted by molar-refractivity contribution is 0.0488. The van der Waals surface area contributed by atoms with Gasteiger partial charge in [-0.1, -0.05) is 65.9 Å². The predicted molar refractivity (Wildman–Crippen MR) is 109 cm³/mol. The van der Waals surface area contributed by atoms with Gasteiger partial charge in [0.05, 0.1) is 24.3 Å². The van der Waals surface area contributed by atoms with Crippen molar-refractivity contribution in [3.8, 4) is 0 Å². The molecule has 1 rings (SSSR count). The molecule has 0 bridgehead atoms. The number of hydrogen-bond donors (Lipinski definition) is 0. The Morgan fingerprint density at radius 2 is 1.26 bits per heavy atom. The molecule has 0 fully saturated rings. The Labute approximate surface area is 164 Å². The van der Waals surface area contributed by atoms with Crippen LogP contribution >= 0.6 is 0 Å².